The highest BCUT2D eigenvalue weighted by molar-refractivity contribution is 5.75. The fourth-order valence-corrected chi connectivity index (χ4v) is 1.78. The molecule has 0 N–H and O–H groups in total. The normalized spacial score (nSPS) is 19.6. The molecule has 1 rings (SSSR count). The molecule has 1 heterocycles. The van der Waals surface area contributed by atoms with Gasteiger partial charge in [0, 0.05) is 0 Å². The molecule has 0 radical (unpaired) electrons. The summed E-state index contributed by atoms with van der Waals surface area (Å²) < 4.78 is 10.2. The third-order valence-corrected chi connectivity index (χ3v) is 3.06. The number of ether oxygens (including phenoxy) is 2. The van der Waals surface area contributed by atoms with Crippen molar-refractivity contribution >= 4 is 5.97 Å². The lowest BCUT2D eigenvalue weighted by Gasteiger charge is -2.21. The van der Waals surface area contributed by atoms with Gasteiger partial charge in [-0.3, -0.25) is 4.79 Å². The molecule has 16 heavy (non-hydrogen) atoms. The van der Waals surface area contributed by atoms with Crippen LogP contribution in [0.15, 0.2) is 0 Å². The van der Waals surface area contributed by atoms with Crippen LogP contribution in [0.2, 0.25) is 0 Å². The van der Waals surface area contributed by atoms with Crippen molar-refractivity contribution in [2.24, 2.45) is 5.41 Å². The van der Waals surface area contributed by atoms with Gasteiger partial charge >= 0.3 is 5.97 Å². The van der Waals surface area contributed by atoms with Crippen molar-refractivity contribution in [3.8, 4) is 0 Å². The van der Waals surface area contributed by atoms with Gasteiger partial charge in [0.15, 0.2) is 0 Å². The lowest BCUT2D eigenvalue weighted by molar-refractivity contribution is -0.153. The number of unbranched alkanes of at least 4 members (excludes halogenated alkanes) is 2. The Morgan fingerprint density at radius 3 is 2.62 bits per heavy atom. The summed E-state index contributed by atoms with van der Waals surface area (Å²) in [6.07, 6.45) is 6.13. The van der Waals surface area contributed by atoms with Crippen LogP contribution in [0.25, 0.3) is 0 Å². The van der Waals surface area contributed by atoms with Gasteiger partial charge in [0.2, 0.25) is 0 Å². The number of esters is 1. The predicted octanol–water partition coefficient (Wildman–Crippen LogP) is 2.93. The third kappa shape index (κ3) is 4.97. The first kappa shape index (κ1) is 13.5. The molecule has 0 aromatic rings. The third-order valence-electron chi connectivity index (χ3n) is 3.06. The molecule has 0 bridgehead atoms. The topological polar surface area (TPSA) is 38.8 Å². The Morgan fingerprint density at radius 1 is 1.38 bits per heavy atom. The molecule has 1 aliphatic heterocycles. The van der Waals surface area contributed by atoms with Gasteiger partial charge in [0.05, 0.1) is 24.7 Å². The van der Waals surface area contributed by atoms with Crippen LogP contribution in [-0.4, -0.2) is 25.3 Å². The number of carbonyl (C=O) groups excluding carboxylic acids is 1. The maximum absolute atomic E-state index is 11.6. The second-order valence-corrected chi connectivity index (χ2v) is 5.16. The van der Waals surface area contributed by atoms with Crippen LogP contribution < -0.4 is 0 Å². The summed E-state index contributed by atoms with van der Waals surface area (Å²) in [5.41, 5.74) is -0.327. The zero-order valence-corrected chi connectivity index (χ0v) is 10.8. The molecule has 1 atom stereocenters. The molecule has 0 spiro atoms. The first-order chi connectivity index (χ1) is 7.56. The molecule has 0 aromatic carbocycles. The second-order valence-electron chi connectivity index (χ2n) is 5.16. The van der Waals surface area contributed by atoms with E-state index in [0.717, 1.165) is 19.4 Å². The van der Waals surface area contributed by atoms with Crippen molar-refractivity contribution in [3.63, 3.8) is 0 Å². The molecule has 3 nitrogen and oxygen atoms in total. The predicted molar refractivity (Wildman–Crippen MR) is 63.2 cm³/mol. The fourth-order valence-electron chi connectivity index (χ4n) is 1.78. The van der Waals surface area contributed by atoms with Gasteiger partial charge in [0.1, 0.15) is 0 Å². The van der Waals surface area contributed by atoms with Crippen molar-refractivity contribution in [2.75, 3.05) is 13.2 Å². The molecule has 1 unspecified atom stereocenters. The average Bonchev–Trinajstić information content (AvgIpc) is 3.01. The van der Waals surface area contributed by atoms with Gasteiger partial charge < -0.3 is 9.47 Å². The van der Waals surface area contributed by atoms with Crippen molar-refractivity contribution in [2.45, 2.75) is 59.0 Å². The van der Waals surface area contributed by atoms with E-state index in [-0.39, 0.29) is 11.4 Å². The SMILES string of the molecule is CCOC(=O)C(C)(C)CCCCCC1CO1. The zero-order chi connectivity index (χ0) is 12.0. The van der Waals surface area contributed by atoms with E-state index in [1.165, 1.54) is 19.3 Å². The van der Waals surface area contributed by atoms with Gasteiger partial charge in [-0.2, -0.15) is 0 Å². The van der Waals surface area contributed by atoms with Crippen LogP contribution in [0.4, 0.5) is 0 Å². The Kier molecular flexibility index (Phi) is 5.26. The minimum Gasteiger partial charge on any atom is -0.466 e. The van der Waals surface area contributed by atoms with E-state index in [1.54, 1.807) is 0 Å². The van der Waals surface area contributed by atoms with E-state index in [0.29, 0.717) is 12.7 Å². The first-order valence-electron chi connectivity index (χ1n) is 6.35. The monoisotopic (exact) mass is 228 g/mol. The molecule has 1 aliphatic rings. The zero-order valence-electron chi connectivity index (χ0n) is 10.8. The molecular weight excluding hydrogens is 204 g/mol. The van der Waals surface area contributed by atoms with Crippen molar-refractivity contribution in [1.82, 2.24) is 0 Å². The van der Waals surface area contributed by atoms with E-state index >= 15 is 0 Å². The van der Waals surface area contributed by atoms with Gasteiger partial charge in [-0.15, -0.1) is 0 Å². The number of hydrogen-bond acceptors (Lipinski definition) is 3. The number of carbonyl (C=O) groups is 1. The molecule has 1 saturated heterocycles. The Hall–Kier alpha value is -0.570. The maximum atomic E-state index is 11.6. The van der Waals surface area contributed by atoms with E-state index < -0.39 is 0 Å². The highest BCUT2D eigenvalue weighted by Gasteiger charge is 2.28. The maximum Gasteiger partial charge on any atom is 0.311 e. The summed E-state index contributed by atoms with van der Waals surface area (Å²) in [5.74, 6) is -0.0690. The molecule has 0 amide bonds. The number of rotatable bonds is 8. The molecule has 0 aliphatic carbocycles. The van der Waals surface area contributed by atoms with Crippen molar-refractivity contribution < 1.29 is 14.3 Å². The van der Waals surface area contributed by atoms with E-state index in [2.05, 4.69) is 0 Å². The smallest absolute Gasteiger partial charge is 0.311 e. The summed E-state index contributed by atoms with van der Waals surface area (Å²) in [6.45, 7) is 7.21. The fraction of sp³-hybridized carbons (Fsp3) is 0.923. The molecular formula is C13H24O3. The highest BCUT2D eigenvalue weighted by Crippen LogP contribution is 2.26. The van der Waals surface area contributed by atoms with Gasteiger partial charge in [-0.05, 0) is 33.6 Å². The lowest BCUT2D eigenvalue weighted by atomic mass is 9.87. The number of epoxide rings is 1. The van der Waals surface area contributed by atoms with E-state index in [4.69, 9.17) is 9.47 Å². The van der Waals surface area contributed by atoms with Crippen LogP contribution in [0, 0.1) is 5.41 Å². The average molecular weight is 228 g/mol. The van der Waals surface area contributed by atoms with Gasteiger partial charge in [0.25, 0.3) is 0 Å². The van der Waals surface area contributed by atoms with Crippen LogP contribution >= 0.6 is 0 Å². The summed E-state index contributed by atoms with van der Waals surface area (Å²) in [5, 5.41) is 0. The number of hydrogen-bond donors (Lipinski definition) is 0. The van der Waals surface area contributed by atoms with Crippen LogP contribution in [0.3, 0.4) is 0 Å². The minimum atomic E-state index is -0.327. The molecule has 1 fully saturated rings. The summed E-state index contributed by atoms with van der Waals surface area (Å²) in [6, 6.07) is 0. The van der Waals surface area contributed by atoms with E-state index in [1.807, 2.05) is 20.8 Å². The highest BCUT2D eigenvalue weighted by atomic mass is 16.6. The van der Waals surface area contributed by atoms with Crippen molar-refractivity contribution in [3.05, 3.63) is 0 Å². The Bertz CT molecular complexity index is 219. The molecule has 94 valence electrons. The quantitative estimate of drug-likeness (QED) is 0.364. The minimum absolute atomic E-state index is 0.0690. The van der Waals surface area contributed by atoms with Crippen LogP contribution in [0.1, 0.15) is 52.9 Å². The first-order valence-corrected chi connectivity index (χ1v) is 6.35. The van der Waals surface area contributed by atoms with Crippen molar-refractivity contribution in [1.29, 1.82) is 0 Å². The lowest BCUT2D eigenvalue weighted by Crippen LogP contribution is -2.26. The molecule has 0 aromatic heterocycles. The molecule has 0 saturated carbocycles. The van der Waals surface area contributed by atoms with Crippen LogP contribution in [0.5, 0.6) is 0 Å². The van der Waals surface area contributed by atoms with E-state index in [9.17, 15) is 4.79 Å². The Morgan fingerprint density at radius 2 is 2.06 bits per heavy atom. The summed E-state index contributed by atoms with van der Waals surface area (Å²) in [7, 11) is 0. The standard InChI is InChI=1S/C13H24O3/c1-4-15-12(14)13(2,3)9-7-5-6-8-11-10-16-11/h11H,4-10H2,1-3H3. The Labute approximate surface area is 98.5 Å². The second kappa shape index (κ2) is 6.24. The summed E-state index contributed by atoms with van der Waals surface area (Å²) >= 11 is 0. The Balaban J connectivity index is 2.06. The summed E-state index contributed by atoms with van der Waals surface area (Å²) in [4.78, 5) is 11.6. The largest absolute Gasteiger partial charge is 0.466 e. The van der Waals surface area contributed by atoms with Gasteiger partial charge in [-0.25, -0.2) is 0 Å². The van der Waals surface area contributed by atoms with Gasteiger partial charge in [-0.1, -0.05) is 19.3 Å². The molecule has 3 heteroatoms. The van der Waals surface area contributed by atoms with Crippen LogP contribution in [-0.2, 0) is 14.3 Å².